The molecule has 1 N–H and O–H groups in total. The maximum absolute atomic E-state index is 3.51. The Labute approximate surface area is 110 Å². The number of rotatable bonds is 3. The maximum Gasteiger partial charge on any atom is 0.0348 e. The molecule has 2 saturated heterocycles. The van der Waals surface area contributed by atoms with Crippen molar-refractivity contribution in [2.24, 2.45) is 5.41 Å². The highest BCUT2D eigenvalue weighted by molar-refractivity contribution is 5.20. The second kappa shape index (κ2) is 5.02. The second-order valence-corrected chi connectivity index (χ2v) is 6.28. The molecule has 2 heterocycles. The van der Waals surface area contributed by atoms with E-state index in [1.165, 1.54) is 51.0 Å². The number of hydrogen-bond donors (Lipinski definition) is 1. The highest BCUT2D eigenvalue weighted by Crippen LogP contribution is 2.36. The van der Waals surface area contributed by atoms with Crippen LogP contribution >= 0.6 is 0 Å². The van der Waals surface area contributed by atoms with Gasteiger partial charge in [0, 0.05) is 19.1 Å². The molecule has 18 heavy (non-hydrogen) atoms. The van der Waals surface area contributed by atoms with Crippen LogP contribution < -0.4 is 5.32 Å². The average Bonchev–Trinajstić information content (AvgIpc) is 3.00. The fourth-order valence-electron chi connectivity index (χ4n) is 3.56. The summed E-state index contributed by atoms with van der Waals surface area (Å²) in [6.07, 6.45) is 4.00. The van der Waals surface area contributed by atoms with E-state index in [4.69, 9.17) is 0 Å². The first-order valence-electron chi connectivity index (χ1n) is 7.27. The lowest BCUT2D eigenvalue weighted by Gasteiger charge is -2.33. The number of nitrogens with one attached hydrogen (secondary N) is 1. The molecule has 0 aliphatic carbocycles. The monoisotopic (exact) mass is 244 g/mol. The Hall–Kier alpha value is -0.860. The van der Waals surface area contributed by atoms with Crippen molar-refractivity contribution in [3.8, 4) is 0 Å². The standard InChI is InChI=1S/C16H24N2/c1-16(9-10-17-12-16)13-18-11-5-8-15(18)14-6-3-2-4-7-14/h2-4,6-7,15,17H,5,8-13H2,1H3. The molecule has 2 aliphatic rings. The Morgan fingerprint density at radius 3 is 2.89 bits per heavy atom. The lowest BCUT2D eigenvalue weighted by Crippen LogP contribution is -2.37. The van der Waals surface area contributed by atoms with Gasteiger partial charge in [-0.25, -0.2) is 0 Å². The fraction of sp³-hybridized carbons (Fsp3) is 0.625. The first kappa shape index (κ1) is 12.2. The molecule has 2 fully saturated rings. The van der Waals surface area contributed by atoms with E-state index in [2.05, 4.69) is 47.5 Å². The van der Waals surface area contributed by atoms with Crippen molar-refractivity contribution in [2.45, 2.75) is 32.2 Å². The Morgan fingerprint density at radius 2 is 2.17 bits per heavy atom. The van der Waals surface area contributed by atoms with Gasteiger partial charge in [0.25, 0.3) is 0 Å². The number of hydrogen-bond acceptors (Lipinski definition) is 2. The molecule has 0 amide bonds. The Kier molecular flexibility index (Phi) is 3.40. The molecule has 2 atom stereocenters. The lowest BCUT2D eigenvalue weighted by atomic mass is 9.88. The van der Waals surface area contributed by atoms with Crippen molar-refractivity contribution >= 4 is 0 Å². The van der Waals surface area contributed by atoms with Gasteiger partial charge in [0.15, 0.2) is 0 Å². The van der Waals surface area contributed by atoms with Crippen molar-refractivity contribution in [1.82, 2.24) is 10.2 Å². The van der Waals surface area contributed by atoms with Crippen molar-refractivity contribution in [3.05, 3.63) is 35.9 Å². The van der Waals surface area contributed by atoms with Crippen LogP contribution in [0.25, 0.3) is 0 Å². The predicted octanol–water partition coefficient (Wildman–Crippen LogP) is 2.82. The molecule has 0 radical (unpaired) electrons. The Morgan fingerprint density at radius 1 is 1.33 bits per heavy atom. The highest BCUT2D eigenvalue weighted by atomic mass is 15.2. The van der Waals surface area contributed by atoms with Crippen molar-refractivity contribution in [1.29, 1.82) is 0 Å². The Bertz CT molecular complexity index is 381. The second-order valence-electron chi connectivity index (χ2n) is 6.28. The molecule has 2 unspecified atom stereocenters. The van der Waals surface area contributed by atoms with Crippen molar-refractivity contribution < 1.29 is 0 Å². The normalized spacial score (nSPS) is 33.1. The SMILES string of the molecule is CC1(CN2CCCC2c2ccccc2)CCNC1. The minimum Gasteiger partial charge on any atom is -0.316 e. The van der Waals surface area contributed by atoms with Gasteiger partial charge in [0.2, 0.25) is 0 Å². The summed E-state index contributed by atoms with van der Waals surface area (Å²) >= 11 is 0. The van der Waals surface area contributed by atoms with Gasteiger partial charge in [0.05, 0.1) is 0 Å². The third kappa shape index (κ3) is 2.45. The van der Waals surface area contributed by atoms with Crippen LogP contribution in [0.2, 0.25) is 0 Å². The van der Waals surface area contributed by atoms with E-state index in [0.29, 0.717) is 11.5 Å². The summed E-state index contributed by atoms with van der Waals surface area (Å²) in [5.41, 5.74) is 1.99. The smallest absolute Gasteiger partial charge is 0.0348 e. The lowest BCUT2D eigenvalue weighted by molar-refractivity contribution is 0.165. The predicted molar refractivity (Wildman–Crippen MR) is 75.6 cm³/mol. The fourth-order valence-corrected chi connectivity index (χ4v) is 3.56. The molecule has 0 spiro atoms. The highest BCUT2D eigenvalue weighted by Gasteiger charge is 2.35. The summed E-state index contributed by atoms with van der Waals surface area (Å²) in [6.45, 7) is 7.34. The molecule has 0 aromatic heterocycles. The van der Waals surface area contributed by atoms with Crippen molar-refractivity contribution in [3.63, 3.8) is 0 Å². The van der Waals surface area contributed by atoms with E-state index in [9.17, 15) is 0 Å². The van der Waals surface area contributed by atoms with Crippen molar-refractivity contribution in [2.75, 3.05) is 26.2 Å². The third-order valence-corrected chi connectivity index (χ3v) is 4.59. The van der Waals surface area contributed by atoms with E-state index in [-0.39, 0.29) is 0 Å². The van der Waals surface area contributed by atoms with E-state index < -0.39 is 0 Å². The molecular weight excluding hydrogens is 220 g/mol. The molecular formula is C16H24N2. The van der Waals surface area contributed by atoms with Crippen LogP contribution in [0.4, 0.5) is 0 Å². The summed E-state index contributed by atoms with van der Waals surface area (Å²) in [5, 5.41) is 3.51. The van der Waals surface area contributed by atoms with E-state index in [1.54, 1.807) is 0 Å². The van der Waals surface area contributed by atoms with Crippen LogP contribution in [0.3, 0.4) is 0 Å². The van der Waals surface area contributed by atoms with Crippen LogP contribution in [0.15, 0.2) is 30.3 Å². The zero-order valence-electron chi connectivity index (χ0n) is 11.4. The van der Waals surface area contributed by atoms with E-state index in [0.717, 1.165) is 0 Å². The first-order valence-corrected chi connectivity index (χ1v) is 7.27. The molecule has 3 rings (SSSR count). The minimum absolute atomic E-state index is 0.484. The summed E-state index contributed by atoms with van der Waals surface area (Å²) in [4.78, 5) is 2.71. The van der Waals surface area contributed by atoms with Gasteiger partial charge in [-0.15, -0.1) is 0 Å². The van der Waals surface area contributed by atoms with Gasteiger partial charge in [-0.05, 0) is 43.3 Å². The third-order valence-electron chi connectivity index (χ3n) is 4.59. The number of likely N-dealkylation sites (tertiary alicyclic amines) is 1. The average molecular weight is 244 g/mol. The molecule has 2 nitrogen and oxygen atoms in total. The largest absolute Gasteiger partial charge is 0.316 e. The quantitative estimate of drug-likeness (QED) is 0.879. The maximum atomic E-state index is 3.51. The van der Waals surface area contributed by atoms with Crippen LogP contribution in [0, 0.1) is 5.41 Å². The molecule has 2 aliphatic heterocycles. The molecule has 0 saturated carbocycles. The molecule has 1 aromatic rings. The minimum atomic E-state index is 0.484. The van der Waals surface area contributed by atoms with Crippen LogP contribution in [-0.4, -0.2) is 31.1 Å². The van der Waals surface area contributed by atoms with Gasteiger partial charge in [0.1, 0.15) is 0 Å². The first-order chi connectivity index (χ1) is 8.77. The summed E-state index contributed by atoms with van der Waals surface area (Å²) in [7, 11) is 0. The van der Waals surface area contributed by atoms with Gasteiger partial charge < -0.3 is 5.32 Å². The van der Waals surface area contributed by atoms with Crippen LogP contribution in [-0.2, 0) is 0 Å². The molecule has 1 aromatic carbocycles. The Balaban J connectivity index is 1.72. The summed E-state index contributed by atoms with van der Waals surface area (Å²) in [6, 6.07) is 11.7. The van der Waals surface area contributed by atoms with Gasteiger partial charge in [-0.3, -0.25) is 4.90 Å². The number of benzene rings is 1. The number of nitrogens with zero attached hydrogens (tertiary/aromatic N) is 1. The summed E-state index contributed by atoms with van der Waals surface area (Å²) in [5.74, 6) is 0. The molecule has 98 valence electrons. The zero-order chi connectivity index (χ0) is 12.4. The topological polar surface area (TPSA) is 15.3 Å². The van der Waals surface area contributed by atoms with Gasteiger partial charge >= 0.3 is 0 Å². The molecule has 0 bridgehead atoms. The van der Waals surface area contributed by atoms with Gasteiger partial charge in [-0.1, -0.05) is 37.3 Å². The van der Waals surface area contributed by atoms with E-state index in [1.807, 2.05) is 0 Å². The van der Waals surface area contributed by atoms with E-state index >= 15 is 0 Å². The van der Waals surface area contributed by atoms with Gasteiger partial charge in [-0.2, -0.15) is 0 Å². The zero-order valence-corrected chi connectivity index (χ0v) is 11.4. The van der Waals surface area contributed by atoms with Crippen LogP contribution in [0.5, 0.6) is 0 Å². The molecule has 2 heteroatoms. The van der Waals surface area contributed by atoms with Crippen LogP contribution in [0.1, 0.15) is 37.8 Å². The summed E-state index contributed by atoms with van der Waals surface area (Å²) < 4.78 is 0.